The predicted octanol–water partition coefficient (Wildman–Crippen LogP) is 3.60. The third-order valence-corrected chi connectivity index (χ3v) is 4.05. The lowest BCUT2D eigenvalue weighted by Gasteiger charge is -2.13. The highest BCUT2D eigenvalue weighted by molar-refractivity contribution is 7.10. The number of nitrogens with zero attached hydrogens (tertiary/aromatic N) is 1. The summed E-state index contributed by atoms with van der Waals surface area (Å²) >= 11 is 1.55. The molecule has 4 nitrogen and oxygen atoms in total. The summed E-state index contributed by atoms with van der Waals surface area (Å²) in [6.45, 7) is 4.46. The summed E-state index contributed by atoms with van der Waals surface area (Å²) in [5, 5.41) is 7.62. The molecule has 0 spiro atoms. The van der Waals surface area contributed by atoms with E-state index in [1.165, 1.54) is 12.3 Å². The van der Waals surface area contributed by atoms with Crippen LogP contribution in [0.1, 0.15) is 41.5 Å². The van der Waals surface area contributed by atoms with Gasteiger partial charge < -0.3 is 10.6 Å². The van der Waals surface area contributed by atoms with Gasteiger partial charge in [-0.15, -0.1) is 11.3 Å². The number of thiophene rings is 1. The van der Waals surface area contributed by atoms with Gasteiger partial charge in [0.05, 0.1) is 11.6 Å². The van der Waals surface area contributed by atoms with Crippen LogP contribution in [0.3, 0.4) is 0 Å². The van der Waals surface area contributed by atoms with Crippen molar-refractivity contribution in [1.82, 2.24) is 10.3 Å². The second-order valence-electron chi connectivity index (χ2n) is 4.66. The number of rotatable bonds is 6. The Morgan fingerprint density at radius 2 is 2.29 bits per heavy atom. The molecule has 0 aliphatic heterocycles. The van der Waals surface area contributed by atoms with E-state index in [-0.39, 0.29) is 17.4 Å². The zero-order valence-electron chi connectivity index (χ0n) is 12.0. The van der Waals surface area contributed by atoms with E-state index in [4.69, 9.17) is 0 Å². The minimum atomic E-state index is -0.609. The van der Waals surface area contributed by atoms with Gasteiger partial charge in [-0.3, -0.25) is 4.79 Å². The van der Waals surface area contributed by atoms with Gasteiger partial charge in [-0.1, -0.05) is 13.0 Å². The standard InChI is InChI=1S/C15H18FN3OS/c1-3-7-17-14-13(16)11(6-8-18-14)15(20)19-10(2)12-5-4-9-21-12/h4-6,8-10H,3,7H2,1-2H3,(H,17,18)(H,19,20). The normalized spacial score (nSPS) is 12.0. The molecule has 2 rings (SSSR count). The topological polar surface area (TPSA) is 54.0 Å². The number of carbonyl (C=O) groups excluding carboxylic acids is 1. The fourth-order valence-electron chi connectivity index (χ4n) is 1.87. The van der Waals surface area contributed by atoms with E-state index in [1.54, 1.807) is 11.3 Å². The molecular formula is C15H18FN3OS. The van der Waals surface area contributed by atoms with Crippen LogP contribution in [0.5, 0.6) is 0 Å². The number of halogens is 1. The number of pyridine rings is 1. The lowest BCUT2D eigenvalue weighted by Crippen LogP contribution is -2.27. The SMILES string of the molecule is CCCNc1nccc(C(=O)NC(C)c2cccs2)c1F. The van der Waals surface area contributed by atoms with Crippen LogP contribution >= 0.6 is 11.3 Å². The number of amides is 1. The van der Waals surface area contributed by atoms with E-state index in [0.29, 0.717) is 6.54 Å². The quantitative estimate of drug-likeness (QED) is 0.857. The maximum atomic E-state index is 14.3. The summed E-state index contributed by atoms with van der Waals surface area (Å²) < 4.78 is 14.3. The van der Waals surface area contributed by atoms with Crippen molar-refractivity contribution in [1.29, 1.82) is 0 Å². The Labute approximate surface area is 127 Å². The highest BCUT2D eigenvalue weighted by Crippen LogP contribution is 2.20. The number of hydrogen-bond acceptors (Lipinski definition) is 4. The highest BCUT2D eigenvalue weighted by Gasteiger charge is 2.18. The molecule has 0 bridgehead atoms. The first kappa shape index (κ1) is 15.4. The lowest BCUT2D eigenvalue weighted by atomic mass is 10.2. The molecule has 2 aromatic rings. The van der Waals surface area contributed by atoms with Crippen molar-refractivity contribution >= 4 is 23.1 Å². The molecule has 0 aliphatic carbocycles. The van der Waals surface area contributed by atoms with Gasteiger partial charge in [0.1, 0.15) is 0 Å². The zero-order valence-corrected chi connectivity index (χ0v) is 12.8. The lowest BCUT2D eigenvalue weighted by molar-refractivity contribution is 0.0936. The molecule has 21 heavy (non-hydrogen) atoms. The summed E-state index contributed by atoms with van der Waals surface area (Å²) in [5.74, 6) is -0.926. The van der Waals surface area contributed by atoms with Gasteiger partial charge in [-0.05, 0) is 30.9 Å². The van der Waals surface area contributed by atoms with E-state index < -0.39 is 11.7 Å². The van der Waals surface area contributed by atoms with Crippen LogP contribution in [0.2, 0.25) is 0 Å². The highest BCUT2D eigenvalue weighted by atomic mass is 32.1. The van der Waals surface area contributed by atoms with Gasteiger partial charge in [0.2, 0.25) is 0 Å². The predicted molar refractivity (Wildman–Crippen MR) is 83.2 cm³/mol. The first-order chi connectivity index (χ1) is 10.1. The van der Waals surface area contributed by atoms with Crippen LogP contribution in [-0.4, -0.2) is 17.4 Å². The van der Waals surface area contributed by atoms with Gasteiger partial charge in [-0.25, -0.2) is 9.37 Å². The summed E-state index contributed by atoms with van der Waals surface area (Å²) in [7, 11) is 0. The van der Waals surface area contributed by atoms with Crippen molar-refractivity contribution < 1.29 is 9.18 Å². The van der Waals surface area contributed by atoms with Crippen LogP contribution in [0, 0.1) is 5.82 Å². The first-order valence-electron chi connectivity index (χ1n) is 6.86. The smallest absolute Gasteiger partial charge is 0.254 e. The van der Waals surface area contributed by atoms with Crippen molar-refractivity contribution in [3.8, 4) is 0 Å². The molecule has 2 heterocycles. The Bertz CT molecular complexity index is 601. The molecular weight excluding hydrogens is 289 g/mol. The minimum Gasteiger partial charge on any atom is -0.368 e. The monoisotopic (exact) mass is 307 g/mol. The molecule has 2 aromatic heterocycles. The van der Waals surface area contributed by atoms with Gasteiger partial charge in [0.25, 0.3) is 5.91 Å². The number of nitrogens with one attached hydrogen (secondary N) is 2. The Morgan fingerprint density at radius 1 is 1.48 bits per heavy atom. The van der Waals surface area contributed by atoms with Crippen LogP contribution in [0.25, 0.3) is 0 Å². The Balaban J connectivity index is 2.12. The summed E-state index contributed by atoms with van der Waals surface area (Å²) in [6, 6.07) is 5.09. The molecule has 2 N–H and O–H groups in total. The summed E-state index contributed by atoms with van der Waals surface area (Å²) in [4.78, 5) is 17.1. The zero-order chi connectivity index (χ0) is 15.2. The maximum Gasteiger partial charge on any atom is 0.254 e. The molecule has 0 fully saturated rings. The number of anilines is 1. The van der Waals surface area contributed by atoms with E-state index in [0.717, 1.165) is 11.3 Å². The largest absolute Gasteiger partial charge is 0.368 e. The molecule has 1 amide bonds. The molecule has 1 atom stereocenters. The third-order valence-electron chi connectivity index (χ3n) is 2.99. The fourth-order valence-corrected chi connectivity index (χ4v) is 2.60. The van der Waals surface area contributed by atoms with Gasteiger partial charge in [-0.2, -0.15) is 0 Å². The van der Waals surface area contributed by atoms with E-state index in [2.05, 4.69) is 15.6 Å². The van der Waals surface area contributed by atoms with E-state index in [9.17, 15) is 9.18 Å². The van der Waals surface area contributed by atoms with Crippen molar-refractivity contribution in [2.45, 2.75) is 26.3 Å². The molecule has 0 aromatic carbocycles. The van der Waals surface area contributed by atoms with Crippen LogP contribution < -0.4 is 10.6 Å². The molecule has 0 radical (unpaired) electrons. The van der Waals surface area contributed by atoms with Gasteiger partial charge in [0, 0.05) is 17.6 Å². The second kappa shape index (κ2) is 7.17. The average Bonchev–Trinajstić information content (AvgIpc) is 3.00. The molecule has 112 valence electrons. The van der Waals surface area contributed by atoms with Gasteiger partial charge >= 0.3 is 0 Å². The van der Waals surface area contributed by atoms with Crippen LogP contribution in [0.15, 0.2) is 29.8 Å². The number of carbonyl (C=O) groups is 1. The van der Waals surface area contributed by atoms with Crippen molar-refractivity contribution in [3.05, 3.63) is 46.0 Å². The second-order valence-corrected chi connectivity index (χ2v) is 5.64. The Hall–Kier alpha value is -1.95. The first-order valence-corrected chi connectivity index (χ1v) is 7.74. The van der Waals surface area contributed by atoms with Crippen molar-refractivity contribution in [2.75, 3.05) is 11.9 Å². The maximum absolute atomic E-state index is 14.3. The molecule has 6 heteroatoms. The van der Waals surface area contributed by atoms with Crippen molar-refractivity contribution in [3.63, 3.8) is 0 Å². The molecule has 1 unspecified atom stereocenters. The number of hydrogen-bond donors (Lipinski definition) is 2. The van der Waals surface area contributed by atoms with Crippen LogP contribution in [0.4, 0.5) is 10.2 Å². The third kappa shape index (κ3) is 3.78. The molecule has 0 saturated carbocycles. The Kier molecular flexibility index (Phi) is 5.27. The van der Waals surface area contributed by atoms with Crippen LogP contribution in [-0.2, 0) is 0 Å². The minimum absolute atomic E-state index is 0.00649. The van der Waals surface area contributed by atoms with Crippen molar-refractivity contribution in [2.24, 2.45) is 0 Å². The molecule has 0 saturated heterocycles. The fraction of sp³-hybridized carbons (Fsp3) is 0.333. The summed E-state index contributed by atoms with van der Waals surface area (Å²) in [6.07, 6.45) is 2.29. The number of aromatic nitrogens is 1. The summed E-state index contributed by atoms with van der Waals surface area (Å²) in [5.41, 5.74) is 0.00649. The Morgan fingerprint density at radius 3 is 2.95 bits per heavy atom. The van der Waals surface area contributed by atoms with E-state index in [1.807, 2.05) is 31.4 Å². The molecule has 0 aliphatic rings. The van der Waals surface area contributed by atoms with E-state index >= 15 is 0 Å². The van der Waals surface area contributed by atoms with Gasteiger partial charge in [0.15, 0.2) is 11.6 Å². The average molecular weight is 307 g/mol.